The highest BCUT2D eigenvalue weighted by molar-refractivity contribution is 5.85. The van der Waals surface area contributed by atoms with Crippen LogP contribution in [0.3, 0.4) is 0 Å². The van der Waals surface area contributed by atoms with Crippen molar-refractivity contribution in [2.24, 2.45) is 0 Å². The van der Waals surface area contributed by atoms with Crippen molar-refractivity contribution in [2.75, 3.05) is 6.54 Å². The fraction of sp³-hybridized carbons (Fsp3) is 0.400. The van der Waals surface area contributed by atoms with E-state index in [1.54, 1.807) is 12.1 Å². The number of phenolic OH excluding ortho intramolecular Hbond substituents is 1. The fourth-order valence-electron chi connectivity index (χ4n) is 1.65. The maximum Gasteiger partial charge on any atom is 0.115 e. The molecule has 2 nitrogen and oxygen atoms in total. The summed E-state index contributed by atoms with van der Waals surface area (Å²) in [6.45, 7) is 0.436. The first kappa shape index (κ1) is 11.3. The summed E-state index contributed by atoms with van der Waals surface area (Å²) < 4.78 is 12.8. The number of hydrogen-bond donors (Lipinski definition) is 2. The van der Waals surface area contributed by atoms with Crippen molar-refractivity contribution in [3.8, 4) is 5.75 Å². The van der Waals surface area contributed by atoms with Crippen molar-refractivity contribution in [2.45, 2.75) is 18.6 Å². The van der Waals surface area contributed by atoms with E-state index in [0.717, 1.165) is 5.56 Å². The van der Waals surface area contributed by atoms with E-state index in [2.05, 4.69) is 5.32 Å². The highest BCUT2D eigenvalue weighted by Crippen LogP contribution is 2.25. The summed E-state index contributed by atoms with van der Waals surface area (Å²) in [5, 5.41) is 12.1. The third-order valence-electron chi connectivity index (χ3n) is 2.37. The van der Waals surface area contributed by atoms with Crippen LogP contribution in [0.1, 0.15) is 18.0 Å². The van der Waals surface area contributed by atoms with Crippen molar-refractivity contribution in [1.29, 1.82) is 0 Å². The van der Waals surface area contributed by atoms with Crippen LogP contribution < -0.4 is 5.32 Å². The lowest BCUT2D eigenvalue weighted by Gasteiger charge is -2.09. The standard InChI is InChI=1S/C10H12FNO.ClH/c11-8-5-10(12-6-8)7-1-3-9(13)4-2-7;/h1-4,8,10,12-13H,5-6H2;1H. The lowest BCUT2D eigenvalue weighted by Crippen LogP contribution is -2.13. The number of phenols is 1. The molecule has 0 amide bonds. The molecular formula is C10H13ClFNO. The molecular weight excluding hydrogens is 205 g/mol. The zero-order valence-corrected chi connectivity index (χ0v) is 8.43. The van der Waals surface area contributed by atoms with Gasteiger partial charge in [0.1, 0.15) is 11.9 Å². The summed E-state index contributed by atoms with van der Waals surface area (Å²) in [5.74, 6) is 0.249. The second kappa shape index (κ2) is 4.62. The Balaban J connectivity index is 0.000000980. The highest BCUT2D eigenvalue weighted by atomic mass is 35.5. The van der Waals surface area contributed by atoms with Crippen molar-refractivity contribution in [3.05, 3.63) is 29.8 Å². The molecule has 1 aromatic carbocycles. The number of benzene rings is 1. The minimum Gasteiger partial charge on any atom is -0.508 e. The van der Waals surface area contributed by atoms with E-state index in [1.165, 1.54) is 0 Å². The Hall–Kier alpha value is -0.800. The summed E-state index contributed by atoms with van der Waals surface area (Å²) in [6, 6.07) is 7.01. The molecule has 1 aliphatic heterocycles. The lowest BCUT2D eigenvalue weighted by atomic mass is 10.1. The minimum atomic E-state index is -0.737. The molecule has 0 saturated carbocycles. The Morgan fingerprint density at radius 3 is 2.43 bits per heavy atom. The van der Waals surface area contributed by atoms with Gasteiger partial charge < -0.3 is 10.4 Å². The topological polar surface area (TPSA) is 32.3 Å². The molecule has 0 aromatic heterocycles. The Morgan fingerprint density at radius 1 is 1.29 bits per heavy atom. The van der Waals surface area contributed by atoms with Gasteiger partial charge in [0.2, 0.25) is 0 Å². The Morgan fingerprint density at radius 2 is 1.93 bits per heavy atom. The summed E-state index contributed by atoms with van der Waals surface area (Å²) >= 11 is 0. The van der Waals surface area contributed by atoms with Gasteiger partial charge in [0, 0.05) is 12.6 Å². The van der Waals surface area contributed by atoms with Gasteiger partial charge in [-0.25, -0.2) is 4.39 Å². The largest absolute Gasteiger partial charge is 0.508 e. The zero-order valence-electron chi connectivity index (χ0n) is 7.61. The zero-order chi connectivity index (χ0) is 9.26. The van der Waals surface area contributed by atoms with E-state index in [9.17, 15) is 4.39 Å². The van der Waals surface area contributed by atoms with E-state index in [4.69, 9.17) is 5.11 Å². The number of hydrogen-bond acceptors (Lipinski definition) is 2. The van der Waals surface area contributed by atoms with Gasteiger partial charge >= 0.3 is 0 Å². The number of nitrogens with one attached hydrogen (secondary N) is 1. The molecule has 0 radical (unpaired) electrons. The molecule has 0 bridgehead atoms. The van der Waals surface area contributed by atoms with Crippen LogP contribution >= 0.6 is 12.4 Å². The predicted molar refractivity (Wildman–Crippen MR) is 55.6 cm³/mol. The fourth-order valence-corrected chi connectivity index (χ4v) is 1.65. The van der Waals surface area contributed by atoms with Gasteiger partial charge in [-0.1, -0.05) is 12.1 Å². The van der Waals surface area contributed by atoms with Gasteiger partial charge in [0.25, 0.3) is 0 Å². The number of alkyl halides is 1. The van der Waals surface area contributed by atoms with Crippen LogP contribution in [0.25, 0.3) is 0 Å². The molecule has 0 aliphatic carbocycles. The summed E-state index contributed by atoms with van der Waals surface area (Å²) in [6.07, 6.45) is -0.205. The summed E-state index contributed by atoms with van der Waals surface area (Å²) in [5.41, 5.74) is 1.04. The first-order chi connectivity index (χ1) is 6.25. The van der Waals surface area contributed by atoms with E-state index < -0.39 is 6.17 Å². The van der Waals surface area contributed by atoms with Gasteiger partial charge in [-0.05, 0) is 24.1 Å². The molecule has 14 heavy (non-hydrogen) atoms. The van der Waals surface area contributed by atoms with Crippen molar-refractivity contribution in [3.63, 3.8) is 0 Å². The number of rotatable bonds is 1. The van der Waals surface area contributed by atoms with E-state index >= 15 is 0 Å². The van der Waals surface area contributed by atoms with Crippen LogP contribution in [0.4, 0.5) is 4.39 Å². The number of halogens is 2. The van der Waals surface area contributed by atoms with Crippen molar-refractivity contribution < 1.29 is 9.50 Å². The first-order valence-electron chi connectivity index (χ1n) is 4.42. The maximum absolute atomic E-state index is 12.8. The third kappa shape index (κ3) is 2.36. The average Bonchev–Trinajstić information content (AvgIpc) is 2.53. The molecule has 1 saturated heterocycles. The van der Waals surface area contributed by atoms with E-state index in [0.29, 0.717) is 13.0 Å². The molecule has 1 aromatic rings. The smallest absolute Gasteiger partial charge is 0.115 e. The van der Waals surface area contributed by atoms with Crippen LogP contribution in [0.5, 0.6) is 5.75 Å². The Kier molecular flexibility index (Phi) is 3.72. The van der Waals surface area contributed by atoms with Gasteiger partial charge in [-0.15, -0.1) is 12.4 Å². The summed E-state index contributed by atoms with van der Waals surface area (Å²) in [7, 11) is 0. The molecule has 2 rings (SSSR count). The van der Waals surface area contributed by atoms with Crippen molar-refractivity contribution in [1.82, 2.24) is 5.32 Å². The van der Waals surface area contributed by atoms with Crippen LogP contribution in [0.15, 0.2) is 24.3 Å². The third-order valence-corrected chi connectivity index (χ3v) is 2.37. The first-order valence-corrected chi connectivity index (χ1v) is 4.42. The van der Waals surface area contributed by atoms with Crippen LogP contribution in [-0.4, -0.2) is 17.8 Å². The molecule has 1 aliphatic rings. The van der Waals surface area contributed by atoms with Gasteiger partial charge in [0.15, 0.2) is 0 Å². The normalized spacial score (nSPS) is 25.8. The molecule has 2 atom stereocenters. The predicted octanol–water partition coefficient (Wildman–Crippen LogP) is 2.19. The van der Waals surface area contributed by atoms with Crippen LogP contribution in [0.2, 0.25) is 0 Å². The van der Waals surface area contributed by atoms with E-state index in [-0.39, 0.29) is 24.2 Å². The van der Waals surface area contributed by atoms with Crippen LogP contribution in [-0.2, 0) is 0 Å². The maximum atomic E-state index is 12.8. The highest BCUT2D eigenvalue weighted by Gasteiger charge is 2.24. The quantitative estimate of drug-likeness (QED) is 0.756. The van der Waals surface area contributed by atoms with Gasteiger partial charge in [-0.2, -0.15) is 0 Å². The number of aromatic hydroxyl groups is 1. The lowest BCUT2D eigenvalue weighted by molar-refractivity contribution is 0.356. The molecule has 2 unspecified atom stereocenters. The van der Waals surface area contributed by atoms with Gasteiger partial charge in [-0.3, -0.25) is 0 Å². The second-order valence-corrected chi connectivity index (χ2v) is 3.39. The Bertz CT molecular complexity index is 291. The minimum absolute atomic E-state index is 0. The Labute approximate surface area is 88.5 Å². The molecule has 0 spiro atoms. The molecule has 78 valence electrons. The SMILES string of the molecule is Cl.Oc1ccc(C2CC(F)CN2)cc1. The van der Waals surface area contributed by atoms with Crippen molar-refractivity contribution >= 4 is 12.4 Å². The molecule has 4 heteroatoms. The molecule has 1 heterocycles. The van der Waals surface area contributed by atoms with E-state index in [1.807, 2.05) is 12.1 Å². The molecule has 1 fully saturated rings. The van der Waals surface area contributed by atoms with Gasteiger partial charge in [0.05, 0.1) is 0 Å². The monoisotopic (exact) mass is 217 g/mol. The average molecular weight is 218 g/mol. The second-order valence-electron chi connectivity index (χ2n) is 3.39. The van der Waals surface area contributed by atoms with Crippen LogP contribution in [0, 0.1) is 0 Å². The molecule has 2 N–H and O–H groups in total. The summed E-state index contributed by atoms with van der Waals surface area (Å²) in [4.78, 5) is 0.